The second kappa shape index (κ2) is 30.0. The fourth-order valence-electron chi connectivity index (χ4n) is 10.6. The number of benzene rings is 1. The van der Waals surface area contributed by atoms with E-state index in [1.54, 1.807) is 45.9 Å². The Balaban J connectivity index is 1.90. The maximum atomic E-state index is 15.0. The lowest BCUT2D eigenvalue weighted by Crippen LogP contribution is -2.62. The van der Waals surface area contributed by atoms with Crippen molar-refractivity contribution in [3.63, 3.8) is 0 Å². The van der Waals surface area contributed by atoms with Crippen LogP contribution in [0.4, 0.5) is 0 Å². The number of ether oxygens (including phenoxy) is 3. The van der Waals surface area contributed by atoms with Crippen molar-refractivity contribution in [1.82, 2.24) is 35.6 Å². The SMILES string of the molecule is CC[C@H](C)[C@@H]1NC(=O)[C@@H](NC(=O)[C@@H](CC(C)C)N(C)C(=O)[C@@H]2CCCN2C(=O)[C@H](C)O)[C@@H](C)OC(=O)[C@H](Cc2ccc(OC)c(I)c2)N(C)C(=O)[C@@H]2CCCN2C(=O)[C@H](CC(C)C)NC(=O)[C@@H](C)C(=O)[C@H](C(C)C)OC(=O)C[C@@H]1O. The van der Waals surface area contributed by atoms with Gasteiger partial charge in [0.1, 0.15) is 54.2 Å². The van der Waals surface area contributed by atoms with Gasteiger partial charge in [-0.3, -0.25) is 43.2 Å². The number of likely N-dealkylation sites (N-methyl/N-ethyl adjacent to an activating group) is 2. The summed E-state index contributed by atoms with van der Waals surface area (Å²) in [6.07, 6.45) is -5.02. The topological polar surface area (TPSA) is 288 Å². The predicted octanol–water partition coefficient (Wildman–Crippen LogP) is 2.92. The standard InChI is InChI=1S/C57H88IN7O15/c1-15-32(8)46-43(67)28-45(68)80-49(31(6)7)48(69)33(9)50(70)59-38(24-29(2)3)54(74)65-23-17-19-40(65)56(76)63(13)42(27-36-20-21-44(78-14)37(58)26-36)57(77)79-35(11)47(52(72)60-46)61-51(71)41(25-30(4)5)62(12)55(75)39-18-16-22-64(39)53(73)34(10)66/h20-21,26,29-35,38-43,46-47,49,66-67H,15-19,22-25,27-28H2,1-14H3,(H,59,70)(H,60,72)(H,61,71)/t32-,33-,34-,35+,38-,39-,40-,41+,42-,43-,46-,47-,49-/m0/s1. The molecule has 3 aliphatic heterocycles. The van der Waals surface area contributed by atoms with Gasteiger partial charge < -0.3 is 60.0 Å². The van der Waals surface area contributed by atoms with Gasteiger partial charge in [0.15, 0.2) is 11.9 Å². The zero-order valence-corrected chi connectivity index (χ0v) is 51.3. The number of rotatable bonds is 15. The maximum absolute atomic E-state index is 15.0. The summed E-state index contributed by atoms with van der Waals surface area (Å²) < 4.78 is 18.1. The summed E-state index contributed by atoms with van der Waals surface area (Å²) in [4.78, 5) is 149. The number of hydrogen-bond donors (Lipinski definition) is 5. The summed E-state index contributed by atoms with van der Waals surface area (Å²) in [7, 11) is 4.31. The van der Waals surface area contributed by atoms with Crippen molar-refractivity contribution in [2.24, 2.45) is 29.6 Å². The molecular weight excluding hydrogens is 1150 g/mol. The molecule has 4 rings (SSSR count). The number of ketones is 1. The van der Waals surface area contributed by atoms with E-state index in [9.17, 15) is 48.6 Å². The summed E-state index contributed by atoms with van der Waals surface area (Å²) >= 11 is 2.08. The molecule has 80 heavy (non-hydrogen) atoms. The highest BCUT2D eigenvalue weighted by molar-refractivity contribution is 14.1. The lowest BCUT2D eigenvalue weighted by atomic mass is 9.91. The van der Waals surface area contributed by atoms with E-state index in [-0.39, 0.29) is 57.0 Å². The molecule has 0 radical (unpaired) electrons. The van der Waals surface area contributed by atoms with Crippen LogP contribution in [0.1, 0.15) is 133 Å². The molecule has 0 spiro atoms. The average molecular weight is 1240 g/mol. The Kier molecular flexibility index (Phi) is 25.2. The van der Waals surface area contributed by atoms with Gasteiger partial charge in [-0.15, -0.1) is 0 Å². The third-order valence-electron chi connectivity index (χ3n) is 15.5. The minimum atomic E-state index is -1.77. The van der Waals surface area contributed by atoms with Crippen molar-refractivity contribution in [1.29, 1.82) is 0 Å². The van der Waals surface area contributed by atoms with Crippen molar-refractivity contribution in [3.8, 4) is 5.75 Å². The molecule has 0 aliphatic carbocycles. The molecule has 3 heterocycles. The Hall–Kier alpha value is -5.43. The number of fused-ring (bicyclic) bond motifs is 1. The largest absolute Gasteiger partial charge is 0.496 e. The number of aliphatic hydroxyl groups excluding tert-OH is 2. The van der Waals surface area contributed by atoms with Crippen LogP contribution < -0.4 is 20.7 Å². The summed E-state index contributed by atoms with van der Waals surface area (Å²) in [6.45, 7) is 18.4. The van der Waals surface area contributed by atoms with Crippen LogP contribution >= 0.6 is 22.6 Å². The number of halogens is 1. The van der Waals surface area contributed by atoms with Gasteiger partial charge in [0, 0.05) is 33.6 Å². The van der Waals surface area contributed by atoms with E-state index in [2.05, 4.69) is 38.5 Å². The molecule has 448 valence electrons. The number of Topliss-reactive ketones (excluding diaryl/α,β-unsaturated/α-hetero) is 1. The average Bonchev–Trinajstić information content (AvgIpc) is 4.10. The molecular formula is C57H88IN7O15. The molecule has 3 aliphatic rings. The number of nitrogens with one attached hydrogen (secondary N) is 3. The quantitative estimate of drug-likeness (QED) is 0.0959. The smallest absolute Gasteiger partial charge is 0.329 e. The van der Waals surface area contributed by atoms with Gasteiger partial charge in [0.05, 0.1) is 35.2 Å². The second-order valence-electron chi connectivity index (χ2n) is 23.1. The summed E-state index contributed by atoms with van der Waals surface area (Å²) in [6, 6.07) is -3.77. The molecule has 3 fully saturated rings. The van der Waals surface area contributed by atoms with Gasteiger partial charge in [0.2, 0.25) is 35.4 Å². The Morgan fingerprint density at radius 2 is 1.55 bits per heavy atom. The highest BCUT2D eigenvalue weighted by Crippen LogP contribution is 2.28. The van der Waals surface area contributed by atoms with Gasteiger partial charge in [-0.05, 0) is 123 Å². The van der Waals surface area contributed by atoms with Crippen LogP contribution in [0, 0.1) is 33.2 Å². The van der Waals surface area contributed by atoms with Gasteiger partial charge in [0.25, 0.3) is 5.91 Å². The molecule has 1 aromatic rings. The van der Waals surface area contributed by atoms with Crippen molar-refractivity contribution in [2.45, 2.75) is 201 Å². The van der Waals surface area contributed by atoms with Crippen LogP contribution in [0.3, 0.4) is 0 Å². The van der Waals surface area contributed by atoms with Gasteiger partial charge in [-0.25, -0.2) is 4.79 Å². The summed E-state index contributed by atoms with van der Waals surface area (Å²) in [5.41, 5.74) is 0.580. The zero-order chi connectivity index (χ0) is 60.2. The highest BCUT2D eigenvalue weighted by atomic mass is 127. The van der Waals surface area contributed by atoms with Crippen molar-refractivity contribution in [3.05, 3.63) is 27.3 Å². The number of esters is 2. The van der Waals surface area contributed by atoms with Crippen LogP contribution in [0.2, 0.25) is 0 Å². The molecule has 22 nitrogen and oxygen atoms in total. The van der Waals surface area contributed by atoms with Crippen molar-refractivity contribution < 1.29 is 72.4 Å². The molecule has 5 N–H and O–H groups in total. The van der Waals surface area contributed by atoms with Crippen LogP contribution in [0.25, 0.3) is 0 Å². The molecule has 13 atom stereocenters. The van der Waals surface area contributed by atoms with E-state index in [1.807, 2.05) is 27.7 Å². The molecule has 23 heteroatoms. The minimum absolute atomic E-state index is 0.0708. The number of likely N-dealkylation sites (tertiary alicyclic amines) is 1. The van der Waals surface area contributed by atoms with Crippen molar-refractivity contribution >= 4 is 81.7 Å². The minimum Gasteiger partial charge on any atom is -0.496 e. The van der Waals surface area contributed by atoms with Gasteiger partial charge >= 0.3 is 11.9 Å². The third-order valence-corrected chi connectivity index (χ3v) is 16.4. The van der Waals surface area contributed by atoms with E-state index in [1.165, 1.54) is 61.6 Å². The number of cyclic esters (lactones) is 2. The Labute approximate surface area is 485 Å². The van der Waals surface area contributed by atoms with E-state index in [4.69, 9.17) is 14.2 Å². The van der Waals surface area contributed by atoms with Crippen LogP contribution in [-0.4, -0.2) is 190 Å². The normalized spacial score (nSPS) is 27.5. The van der Waals surface area contributed by atoms with Gasteiger partial charge in [-0.1, -0.05) is 67.9 Å². The number of aliphatic hydroxyl groups is 2. The molecule has 1 aromatic carbocycles. The first-order valence-corrected chi connectivity index (χ1v) is 29.2. The first-order valence-electron chi connectivity index (χ1n) is 28.1. The van der Waals surface area contributed by atoms with Crippen LogP contribution in [-0.2, 0) is 63.8 Å². The Morgan fingerprint density at radius 1 is 0.900 bits per heavy atom. The summed E-state index contributed by atoms with van der Waals surface area (Å²) in [5.74, 6) is -10.2. The van der Waals surface area contributed by atoms with Crippen LogP contribution in [0.15, 0.2) is 18.2 Å². The zero-order valence-electron chi connectivity index (χ0n) is 49.1. The van der Waals surface area contributed by atoms with Crippen LogP contribution in [0.5, 0.6) is 5.75 Å². The monoisotopic (exact) mass is 1240 g/mol. The molecule has 0 bridgehead atoms. The maximum Gasteiger partial charge on any atom is 0.329 e. The molecule has 3 saturated heterocycles. The number of methoxy groups -OCH3 is 1. The molecule has 7 amide bonds. The fraction of sp³-hybridized carbons (Fsp3) is 0.719. The van der Waals surface area contributed by atoms with E-state index >= 15 is 9.59 Å². The predicted molar refractivity (Wildman–Crippen MR) is 303 cm³/mol. The molecule has 0 saturated carbocycles. The summed E-state index contributed by atoms with van der Waals surface area (Å²) in [5, 5.41) is 30.3. The van der Waals surface area contributed by atoms with Gasteiger partial charge in [-0.2, -0.15) is 0 Å². The third kappa shape index (κ3) is 17.1. The number of amides is 7. The first kappa shape index (κ1) is 67.1. The Morgan fingerprint density at radius 3 is 2.12 bits per heavy atom. The number of carbonyl (C=O) groups is 10. The number of carbonyl (C=O) groups excluding carboxylic acids is 10. The number of nitrogens with zero attached hydrogens (tertiary/aromatic N) is 4. The first-order chi connectivity index (χ1) is 37.4. The highest BCUT2D eigenvalue weighted by Gasteiger charge is 2.46. The second-order valence-corrected chi connectivity index (χ2v) is 24.2. The lowest BCUT2D eigenvalue weighted by molar-refractivity contribution is -0.163. The fourth-order valence-corrected chi connectivity index (χ4v) is 11.4. The Bertz CT molecular complexity index is 2400. The molecule has 0 aromatic heterocycles. The van der Waals surface area contributed by atoms with Crippen molar-refractivity contribution in [2.75, 3.05) is 34.3 Å². The number of hydrogen-bond acceptors (Lipinski definition) is 15. The van der Waals surface area contributed by atoms with E-state index in [0.717, 1.165) is 0 Å². The van der Waals surface area contributed by atoms with E-state index < -0.39 is 150 Å². The lowest BCUT2D eigenvalue weighted by Gasteiger charge is -2.36. The van der Waals surface area contributed by atoms with E-state index in [0.29, 0.717) is 34.1 Å². The molecule has 0 unspecified atom stereocenters.